The largest absolute Gasteiger partial charge is 0.496 e. The number of hydrogen-bond acceptors (Lipinski definition) is 4. The number of halogens is 1. The van der Waals surface area contributed by atoms with E-state index >= 15 is 0 Å². The number of hydrogen-bond donors (Lipinski definition) is 0. The molecule has 0 N–H and O–H groups in total. The summed E-state index contributed by atoms with van der Waals surface area (Å²) < 4.78 is 6.97. The molecule has 0 saturated heterocycles. The molecule has 0 radical (unpaired) electrons. The number of nitrogens with zero attached hydrogens (tertiary/aromatic N) is 4. The van der Waals surface area contributed by atoms with Gasteiger partial charge in [-0.25, -0.2) is 0 Å². The van der Waals surface area contributed by atoms with Gasteiger partial charge in [0.05, 0.1) is 7.11 Å². The zero-order valence-corrected chi connectivity index (χ0v) is 11.0. The van der Waals surface area contributed by atoms with Crippen LogP contribution < -0.4 is 4.74 Å². The number of para-hydroxylation sites is 1. The third-order valence-electron chi connectivity index (χ3n) is 2.84. The van der Waals surface area contributed by atoms with E-state index in [2.05, 4.69) is 15.3 Å². The van der Waals surface area contributed by atoms with Gasteiger partial charge in [0, 0.05) is 12.0 Å². The van der Waals surface area contributed by atoms with Crippen LogP contribution in [0.2, 0.25) is 5.15 Å². The van der Waals surface area contributed by atoms with Gasteiger partial charge in [-0.1, -0.05) is 29.8 Å². The Labute approximate surface area is 114 Å². The molecule has 3 aromatic rings. The molecule has 2 heterocycles. The molecule has 3 rings (SSSR count). The third kappa shape index (κ3) is 2.24. The van der Waals surface area contributed by atoms with Crippen LogP contribution in [-0.4, -0.2) is 26.9 Å². The van der Waals surface area contributed by atoms with Crippen LogP contribution in [0.4, 0.5) is 0 Å². The van der Waals surface area contributed by atoms with Gasteiger partial charge in [-0.2, -0.15) is 9.61 Å². The van der Waals surface area contributed by atoms with Crippen molar-refractivity contribution in [1.82, 2.24) is 19.8 Å². The summed E-state index contributed by atoms with van der Waals surface area (Å²) in [6.07, 6.45) is 0.582. The van der Waals surface area contributed by atoms with Gasteiger partial charge in [-0.15, -0.1) is 10.2 Å². The summed E-state index contributed by atoms with van der Waals surface area (Å²) in [5.41, 5.74) is 1.70. The van der Waals surface area contributed by atoms with Gasteiger partial charge in [0.25, 0.3) is 0 Å². The third-order valence-corrected chi connectivity index (χ3v) is 3.04. The topological polar surface area (TPSA) is 52.3 Å². The van der Waals surface area contributed by atoms with Crippen LogP contribution in [0, 0.1) is 0 Å². The molecule has 0 aliphatic heterocycles. The molecule has 2 aromatic heterocycles. The molecule has 19 heavy (non-hydrogen) atoms. The first-order chi connectivity index (χ1) is 9.28. The average Bonchev–Trinajstić information content (AvgIpc) is 2.82. The van der Waals surface area contributed by atoms with E-state index in [0.717, 1.165) is 17.1 Å². The molecule has 6 heteroatoms. The SMILES string of the molecule is COc1ccccc1Cc1nnc2ccc(Cl)nn12. The smallest absolute Gasteiger partial charge is 0.178 e. The maximum Gasteiger partial charge on any atom is 0.178 e. The van der Waals surface area contributed by atoms with Crippen molar-refractivity contribution >= 4 is 17.2 Å². The zero-order valence-electron chi connectivity index (χ0n) is 10.2. The van der Waals surface area contributed by atoms with Crippen LogP contribution in [0.25, 0.3) is 5.65 Å². The maximum atomic E-state index is 5.90. The minimum Gasteiger partial charge on any atom is -0.496 e. The van der Waals surface area contributed by atoms with Crippen molar-refractivity contribution in [1.29, 1.82) is 0 Å². The lowest BCUT2D eigenvalue weighted by atomic mass is 10.1. The van der Waals surface area contributed by atoms with E-state index in [1.54, 1.807) is 23.8 Å². The van der Waals surface area contributed by atoms with Crippen LogP contribution in [0.15, 0.2) is 36.4 Å². The molecule has 0 spiro atoms. The van der Waals surface area contributed by atoms with Crippen molar-refractivity contribution in [3.63, 3.8) is 0 Å². The molecule has 0 amide bonds. The summed E-state index contributed by atoms with van der Waals surface area (Å²) in [5.74, 6) is 1.54. The first kappa shape index (κ1) is 11.9. The maximum absolute atomic E-state index is 5.90. The monoisotopic (exact) mass is 274 g/mol. The van der Waals surface area contributed by atoms with Crippen molar-refractivity contribution in [3.05, 3.63) is 52.9 Å². The van der Waals surface area contributed by atoms with Crippen molar-refractivity contribution in [2.45, 2.75) is 6.42 Å². The van der Waals surface area contributed by atoms with E-state index < -0.39 is 0 Å². The van der Waals surface area contributed by atoms with E-state index in [4.69, 9.17) is 16.3 Å². The molecule has 0 fully saturated rings. The molecular weight excluding hydrogens is 264 g/mol. The molecule has 0 saturated carbocycles. The quantitative estimate of drug-likeness (QED) is 0.736. The van der Waals surface area contributed by atoms with Crippen molar-refractivity contribution < 1.29 is 4.74 Å². The van der Waals surface area contributed by atoms with Gasteiger partial charge in [0.1, 0.15) is 10.9 Å². The number of aromatic nitrogens is 4. The predicted molar refractivity (Wildman–Crippen MR) is 71.6 cm³/mol. The van der Waals surface area contributed by atoms with Crippen molar-refractivity contribution in [2.24, 2.45) is 0 Å². The minimum atomic E-state index is 0.411. The normalized spacial score (nSPS) is 10.8. The molecular formula is C13H11ClN4O. The number of methoxy groups -OCH3 is 1. The van der Waals surface area contributed by atoms with E-state index in [1.165, 1.54) is 0 Å². The first-order valence-electron chi connectivity index (χ1n) is 5.76. The second kappa shape index (κ2) is 4.85. The Bertz CT molecular complexity index is 725. The van der Waals surface area contributed by atoms with Crippen LogP contribution in [0.1, 0.15) is 11.4 Å². The Kier molecular flexibility index (Phi) is 3.05. The fraction of sp³-hybridized carbons (Fsp3) is 0.154. The summed E-state index contributed by atoms with van der Waals surface area (Å²) in [6.45, 7) is 0. The summed E-state index contributed by atoms with van der Waals surface area (Å²) >= 11 is 5.90. The standard InChI is InChI=1S/C13H11ClN4O/c1-19-10-5-3-2-4-9(10)8-13-16-15-12-7-6-11(14)17-18(12)13/h2-7H,8H2,1H3. The minimum absolute atomic E-state index is 0.411. The molecule has 0 atom stereocenters. The van der Waals surface area contributed by atoms with Crippen LogP contribution >= 0.6 is 11.6 Å². The number of benzene rings is 1. The van der Waals surface area contributed by atoms with E-state index in [0.29, 0.717) is 17.2 Å². The van der Waals surface area contributed by atoms with Crippen LogP contribution in [-0.2, 0) is 6.42 Å². The highest BCUT2D eigenvalue weighted by molar-refractivity contribution is 6.29. The van der Waals surface area contributed by atoms with Gasteiger partial charge in [-0.3, -0.25) is 0 Å². The second-order valence-electron chi connectivity index (χ2n) is 4.03. The van der Waals surface area contributed by atoms with Gasteiger partial charge in [-0.05, 0) is 18.2 Å². The lowest BCUT2D eigenvalue weighted by molar-refractivity contribution is 0.410. The second-order valence-corrected chi connectivity index (χ2v) is 4.42. The summed E-state index contributed by atoms with van der Waals surface area (Å²) in [4.78, 5) is 0. The van der Waals surface area contributed by atoms with Gasteiger partial charge >= 0.3 is 0 Å². The molecule has 1 aromatic carbocycles. The van der Waals surface area contributed by atoms with Gasteiger partial charge < -0.3 is 4.74 Å². The number of fused-ring (bicyclic) bond motifs is 1. The Morgan fingerprint density at radius 2 is 2.00 bits per heavy atom. The Hall–Kier alpha value is -2.14. The number of rotatable bonds is 3. The molecule has 5 nitrogen and oxygen atoms in total. The molecule has 0 aliphatic carbocycles. The summed E-state index contributed by atoms with van der Waals surface area (Å²) in [6, 6.07) is 11.3. The fourth-order valence-corrected chi connectivity index (χ4v) is 2.08. The molecule has 0 aliphatic rings. The number of ether oxygens (including phenoxy) is 1. The van der Waals surface area contributed by atoms with E-state index in [9.17, 15) is 0 Å². The molecule has 96 valence electrons. The van der Waals surface area contributed by atoms with Gasteiger partial charge in [0.15, 0.2) is 11.5 Å². The van der Waals surface area contributed by atoms with Gasteiger partial charge in [0.2, 0.25) is 0 Å². The van der Waals surface area contributed by atoms with E-state index in [1.807, 2.05) is 24.3 Å². The highest BCUT2D eigenvalue weighted by atomic mass is 35.5. The van der Waals surface area contributed by atoms with Crippen molar-refractivity contribution in [2.75, 3.05) is 7.11 Å². The lowest BCUT2D eigenvalue weighted by Gasteiger charge is -2.06. The molecule has 0 bridgehead atoms. The molecule has 0 unspecified atom stereocenters. The van der Waals surface area contributed by atoms with Crippen LogP contribution in [0.5, 0.6) is 5.75 Å². The highest BCUT2D eigenvalue weighted by Gasteiger charge is 2.10. The Morgan fingerprint density at radius 1 is 1.16 bits per heavy atom. The zero-order chi connectivity index (χ0) is 13.2. The lowest BCUT2D eigenvalue weighted by Crippen LogP contribution is -2.01. The highest BCUT2D eigenvalue weighted by Crippen LogP contribution is 2.20. The average molecular weight is 275 g/mol. The van der Waals surface area contributed by atoms with Crippen molar-refractivity contribution in [3.8, 4) is 5.75 Å². The van der Waals surface area contributed by atoms with E-state index in [-0.39, 0.29) is 0 Å². The Morgan fingerprint density at radius 3 is 2.84 bits per heavy atom. The Balaban J connectivity index is 2.03. The first-order valence-corrected chi connectivity index (χ1v) is 6.14. The predicted octanol–water partition coefficient (Wildman–Crippen LogP) is 2.38. The fourth-order valence-electron chi connectivity index (χ4n) is 1.94. The van der Waals surface area contributed by atoms with Crippen LogP contribution in [0.3, 0.4) is 0 Å². The summed E-state index contributed by atoms with van der Waals surface area (Å²) in [7, 11) is 1.65. The summed E-state index contributed by atoms with van der Waals surface area (Å²) in [5, 5.41) is 12.8.